The first-order valence-electron chi connectivity index (χ1n) is 3.15. The van der Waals surface area contributed by atoms with Crippen LogP contribution >= 0.6 is 24.8 Å². The summed E-state index contributed by atoms with van der Waals surface area (Å²) in [5, 5.41) is 0. The third-order valence-electron chi connectivity index (χ3n) is 1.65. The second-order valence-electron chi connectivity index (χ2n) is 2.40. The van der Waals surface area contributed by atoms with Gasteiger partial charge < -0.3 is 0 Å². The van der Waals surface area contributed by atoms with Crippen LogP contribution in [0.1, 0.15) is 32.1 Å². The molecule has 0 nitrogen and oxygen atoms in total. The standard InChI is InChI=1S/C6H11.Al.2ClH/c1-2-4-6-5-3-1;;;/h1H,2-6H2;;2*1H. The molecule has 0 heterocycles. The molecule has 0 aromatic rings. The van der Waals surface area contributed by atoms with Gasteiger partial charge in [0.25, 0.3) is 0 Å². The van der Waals surface area contributed by atoms with Crippen LogP contribution in [0.15, 0.2) is 0 Å². The van der Waals surface area contributed by atoms with Crippen molar-refractivity contribution in [2.75, 3.05) is 0 Å². The van der Waals surface area contributed by atoms with Gasteiger partial charge in [-0.1, -0.05) is 32.1 Å². The van der Waals surface area contributed by atoms with Crippen LogP contribution in [-0.2, 0) is 0 Å². The lowest BCUT2D eigenvalue weighted by molar-refractivity contribution is 0.504. The smallest absolute Gasteiger partial charge is 0.123 e. The van der Waals surface area contributed by atoms with Crippen molar-refractivity contribution in [3.8, 4) is 0 Å². The maximum absolute atomic E-state index is 2.91. The number of hydrogen-bond acceptors (Lipinski definition) is 0. The van der Waals surface area contributed by atoms with E-state index in [1.54, 1.807) is 0 Å². The van der Waals surface area contributed by atoms with Gasteiger partial charge in [-0.3, -0.25) is 0 Å². The fraction of sp³-hybridized carbons (Fsp3) is 1.00. The van der Waals surface area contributed by atoms with Crippen LogP contribution < -0.4 is 0 Å². The fourth-order valence-corrected chi connectivity index (χ4v) is 1.61. The molecule has 0 saturated heterocycles. The van der Waals surface area contributed by atoms with E-state index in [1.807, 2.05) is 0 Å². The molecule has 54 valence electrons. The lowest BCUT2D eigenvalue weighted by Crippen LogP contribution is -1.98. The van der Waals surface area contributed by atoms with E-state index in [2.05, 4.69) is 16.3 Å². The Morgan fingerprint density at radius 1 is 0.889 bits per heavy atom. The van der Waals surface area contributed by atoms with E-state index in [9.17, 15) is 0 Å². The maximum Gasteiger partial charge on any atom is 0.123 e. The van der Waals surface area contributed by atoms with Crippen molar-refractivity contribution in [2.45, 2.75) is 36.9 Å². The maximum atomic E-state index is 2.91. The number of rotatable bonds is 0. The van der Waals surface area contributed by atoms with Gasteiger partial charge in [-0.05, 0) is 0 Å². The molecule has 0 atom stereocenters. The van der Waals surface area contributed by atoms with Gasteiger partial charge in [-0.2, -0.15) is 0 Å². The summed E-state index contributed by atoms with van der Waals surface area (Å²) < 4.78 is 0.953. The Hall–Kier alpha value is 1.11. The summed E-state index contributed by atoms with van der Waals surface area (Å²) in [6, 6.07) is 0. The van der Waals surface area contributed by atoms with E-state index in [1.165, 1.54) is 32.1 Å². The van der Waals surface area contributed by atoms with Crippen LogP contribution in [0.4, 0.5) is 0 Å². The SMILES string of the molecule is Cl.Cl.[Al][CH]1CCCCC1. The topological polar surface area (TPSA) is 0 Å². The van der Waals surface area contributed by atoms with Gasteiger partial charge in [0, 0.05) is 0 Å². The van der Waals surface area contributed by atoms with E-state index in [4.69, 9.17) is 0 Å². The summed E-state index contributed by atoms with van der Waals surface area (Å²) >= 11 is 2.91. The van der Waals surface area contributed by atoms with Crippen molar-refractivity contribution in [3.05, 3.63) is 0 Å². The van der Waals surface area contributed by atoms with Crippen molar-refractivity contribution in [2.24, 2.45) is 0 Å². The van der Waals surface area contributed by atoms with Crippen LogP contribution in [0.25, 0.3) is 0 Å². The Morgan fingerprint density at radius 3 is 1.56 bits per heavy atom. The van der Waals surface area contributed by atoms with Crippen LogP contribution in [0.3, 0.4) is 0 Å². The van der Waals surface area contributed by atoms with Crippen molar-refractivity contribution >= 4 is 41.1 Å². The van der Waals surface area contributed by atoms with Crippen molar-refractivity contribution in [1.82, 2.24) is 0 Å². The highest BCUT2D eigenvalue weighted by Crippen LogP contribution is 2.24. The summed E-state index contributed by atoms with van der Waals surface area (Å²) in [7, 11) is 0. The Labute approximate surface area is 78.0 Å². The molecule has 1 saturated carbocycles. The number of hydrogen-bond donors (Lipinski definition) is 0. The fourth-order valence-electron chi connectivity index (χ4n) is 1.13. The van der Waals surface area contributed by atoms with E-state index in [-0.39, 0.29) is 24.8 Å². The van der Waals surface area contributed by atoms with Crippen molar-refractivity contribution in [1.29, 1.82) is 0 Å². The third kappa shape index (κ3) is 5.55. The minimum absolute atomic E-state index is 0. The molecule has 2 radical (unpaired) electrons. The quantitative estimate of drug-likeness (QED) is 0.506. The zero-order valence-electron chi connectivity index (χ0n) is 5.51. The average Bonchev–Trinajstić information content (AvgIpc) is 1.69. The molecular weight excluding hydrogens is 170 g/mol. The van der Waals surface area contributed by atoms with Crippen LogP contribution in [0.2, 0.25) is 4.78 Å². The van der Waals surface area contributed by atoms with E-state index >= 15 is 0 Å². The summed E-state index contributed by atoms with van der Waals surface area (Å²) in [5.41, 5.74) is 0. The highest BCUT2D eigenvalue weighted by molar-refractivity contribution is 6.11. The van der Waals surface area contributed by atoms with E-state index in [0.717, 1.165) is 4.78 Å². The molecule has 1 aliphatic carbocycles. The lowest BCUT2D eigenvalue weighted by Gasteiger charge is -2.16. The molecule has 1 rings (SSSR count). The first kappa shape index (κ1) is 12.8. The first-order valence-corrected chi connectivity index (χ1v) is 3.82. The molecule has 0 spiro atoms. The second kappa shape index (κ2) is 7.22. The molecule has 1 aliphatic rings. The predicted octanol–water partition coefficient (Wildman–Crippen LogP) is 2.75. The Morgan fingerprint density at radius 2 is 1.33 bits per heavy atom. The molecule has 0 N–H and O–H groups in total. The van der Waals surface area contributed by atoms with Crippen LogP contribution in [0, 0.1) is 0 Å². The summed E-state index contributed by atoms with van der Waals surface area (Å²) in [4.78, 5) is 0. The second-order valence-corrected chi connectivity index (χ2v) is 3.34. The van der Waals surface area contributed by atoms with Crippen molar-refractivity contribution < 1.29 is 0 Å². The van der Waals surface area contributed by atoms with Gasteiger partial charge in [0.2, 0.25) is 0 Å². The van der Waals surface area contributed by atoms with E-state index in [0.29, 0.717) is 0 Å². The molecule has 0 aromatic heterocycles. The first-order chi connectivity index (χ1) is 3.39. The molecule has 0 bridgehead atoms. The molecule has 9 heavy (non-hydrogen) atoms. The molecular formula is C6H13AlCl2. The summed E-state index contributed by atoms with van der Waals surface area (Å²) in [5.74, 6) is 0. The van der Waals surface area contributed by atoms with Gasteiger partial charge in [-0.15, -0.1) is 29.6 Å². The Balaban J connectivity index is 0. The molecule has 0 unspecified atom stereocenters. The van der Waals surface area contributed by atoms with Crippen LogP contribution in [0.5, 0.6) is 0 Å². The lowest BCUT2D eigenvalue weighted by atomic mass is 10.0. The normalized spacial score (nSPS) is 19.6. The number of halogens is 2. The third-order valence-corrected chi connectivity index (χ3v) is 2.32. The Kier molecular flexibility index (Phi) is 10.2. The molecule has 0 aliphatic heterocycles. The largest absolute Gasteiger partial charge is 0.147 e. The minimum Gasteiger partial charge on any atom is -0.147 e. The van der Waals surface area contributed by atoms with Gasteiger partial charge in [-0.25, -0.2) is 0 Å². The predicted molar refractivity (Wildman–Crippen MR) is 47.1 cm³/mol. The van der Waals surface area contributed by atoms with Crippen molar-refractivity contribution in [3.63, 3.8) is 0 Å². The zero-order chi connectivity index (χ0) is 5.11. The summed E-state index contributed by atoms with van der Waals surface area (Å²) in [6.07, 6.45) is 7.31. The minimum atomic E-state index is 0. The molecule has 1 fully saturated rings. The highest BCUT2D eigenvalue weighted by atomic mass is 35.5. The zero-order valence-corrected chi connectivity index (χ0v) is 8.29. The molecule has 3 heteroatoms. The van der Waals surface area contributed by atoms with Crippen LogP contribution in [-0.4, -0.2) is 16.3 Å². The Bertz CT molecular complexity index is 53.0. The highest BCUT2D eigenvalue weighted by Gasteiger charge is 2.05. The van der Waals surface area contributed by atoms with Gasteiger partial charge in [0.15, 0.2) is 0 Å². The van der Waals surface area contributed by atoms with Gasteiger partial charge in [0.1, 0.15) is 16.3 Å². The van der Waals surface area contributed by atoms with Gasteiger partial charge >= 0.3 is 0 Å². The molecule has 0 amide bonds. The van der Waals surface area contributed by atoms with Gasteiger partial charge in [0.05, 0.1) is 0 Å². The average molecular weight is 183 g/mol. The molecule has 0 aromatic carbocycles. The summed E-state index contributed by atoms with van der Waals surface area (Å²) in [6.45, 7) is 0. The monoisotopic (exact) mass is 182 g/mol. The van der Waals surface area contributed by atoms with E-state index < -0.39 is 0 Å².